The standard InChI is InChI=1S/C15H12FN3S/c16-13-9-5-4-8-12(13)10-20-15-17-14(18-19-15)11-6-2-1-3-7-11/h1-9H,10H2,(H,17,18,19). The van der Waals surface area contributed by atoms with Gasteiger partial charge in [0.05, 0.1) is 0 Å². The number of halogens is 1. The van der Waals surface area contributed by atoms with Gasteiger partial charge in [-0.25, -0.2) is 9.37 Å². The summed E-state index contributed by atoms with van der Waals surface area (Å²) in [6.45, 7) is 0. The van der Waals surface area contributed by atoms with Gasteiger partial charge in [-0.15, -0.1) is 5.10 Å². The zero-order valence-corrected chi connectivity index (χ0v) is 11.4. The maximum absolute atomic E-state index is 13.5. The fraction of sp³-hybridized carbons (Fsp3) is 0.0667. The molecule has 0 saturated heterocycles. The van der Waals surface area contributed by atoms with Gasteiger partial charge >= 0.3 is 0 Å². The van der Waals surface area contributed by atoms with Crippen molar-refractivity contribution >= 4 is 11.8 Å². The minimum absolute atomic E-state index is 0.196. The molecule has 0 saturated carbocycles. The molecule has 0 unspecified atom stereocenters. The van der Waals surface area contributed by atoms with Crippen molar-refractivity contribution in [1.29, 1.82) is 0 Å². The van der Waals surface area contributed by atoms with E-state index in [9.17, 15) is 4.39 Å². The van der Waals surface area contributed by atoms with Gasteiger partial charge in [0.1, 0.15) is 5.82 Å². The molecule has 0 bridgehead atoms. The van der Waals surface area contributed by atoms with Gasteiger partial charge in [-0.2, -0.15) is 0 Å². The van der Waals surface area contributed by atoms with Crippen LogP contribution in [0, 0.1) is 5.82 Å². The summed E-state index contributed by atoms with van der Waals surface area (Å²) >= 11 is 1.41. The van der Waals surface area contributed by atoms with Crippen LogP contribution in [0.25, 0.3) is 11.4 Å². The molecule has 0 aliphatic heterocycles. The fourth-order valence-corrected chi connectivity index (χ4v) is 2.58. The summed E-state index contributed by atoms with van der Waals surface area (Å²) in [6, 6.07) is 16.5. The Bertz CT molecular complexity index is 697. The zero-order valence-electron chi connectivity index (χ0n) is 10.6. The summed E-state index contributed by atoms with van der Waals surface area (Å²) in [5.74, 6) is 1.04. The number of benzene rings is 2. The van der Waals surface area contributed by atoms with Crippen molar-refractivity contribution in [3.63, 3.8) is 0 Å². The van der Waals surface area contributed by atoms with Crippen molar-refractivity contribution in [1.82, 2.24) is 15.2 Å². The number of aromatic nitrogens is 3. The highest BCUT2D eigenvalue weighted by Crippen LogP contribution is 2.23. The molecular formula is C15H12FN3S. The van der Waals surface area contributed by atoms with Gasteiger partial charge in [-0.3, -0.25) is 5.10 Å². The van der Waals surface area contributed by atoms with Crippen LogP contribution in [0.5, 0.6) is 0 Å². The van der Waals surface area contributed by atoms with E-state index in [4.69, 9.17) is 0 Å². The Morgan fingerprint density at radius 1 is 1.00 bits per heavy atom. The third-order valence-corrected chi connectivity index (χ3v) is 3.72. The van der Waals surface area contributed by atoms with Crippen LogP contribution >= 0.6 is 11.8 Å². The molecule has 20 heavy (non-hydrogen) atoms. The van der Waals surface area contributed by atoms with Crippen LogP contribution in [0.2, 0.25) is 0 Å². The fourth-order valence-electron chi connectivity index (χ4n) is 1.79. The van der Waals surface area contributed by atoms with E-state index in [0.29, 0.717) is 16.5 Å². The van der Waals surface area contributed by atoms with Gasteiger partial charge in [0.15, 0.2) is 5.82 Å². The summed E-state index contributed by atoms with van der Waals surface area (Å²) < 4.78 is 13.5. The molecule has 1 aromatic heterocycles. The Morgan fingerprint density at radius 2 is 1.75 bits per heavy atom. The summed E-state index contributed by atoms with van der Waals surface area (Å²) in [4.78, 5) is 4.40. The average Bonchev–Trinajstić information content (AvgIpc) is 2.96. The molecule has 0 atom stereocenters. The first kappa shape index (κ1) is 12.9. The van der Waals surface area contributed by atoms with Crippen molar-refractivity contribution in [3.05, 3.63) is 66.0 Å². The summed E-state index contributed by atoms with van der Waals surface area (Å²) in [6.07, 6.45) is 0. The van der Waals surface area contributed by atoms with Crippen molar-refractivity contribution in [2.24, 2.45) is 0 Å². The summed E-state index contributed by atoms with van der Waals surface area (Å²) in [5.41, 5.74) is 1.64. The third kappa shape index (κ3) is 2.88. The van der Waals surface area contributed by atoms with Crippen molar-refractivity contribution in [3.8, 4) is 11.4 Å². The molecule has 3 aromatic rings. The molecule has 0 aliphatic carbocycles. The number of hydrogen-bond acceptors (Lipinski definition) is 3. The zero-order chi connectivity index (χ0) is 13.8. The van der Waals surface area contributed by atoms with Crippen LogP contribution in [0.15, 0.2) is 59.8 Å². The van der Waals surface area contributed by atoms with E-state index in [1.54, 1.807) is 12.1 Å². The molecule has 3 rings (SSSR count). The van der Waals surface area contributed by atoms with Gasteiger partial charge < -0.3 is 0 Å². The Balaban J connectivity index is 1.71. The number of nitrogens with one attached hydrogen (secondary N) is 1. The molecule has 2 aromatic carbocycles. The first-order valence-corrected chi connectivity index (χ1v) is 7.15. The van der Waals surface area contributed by atoms with Crippen LogP contribution < -0.4 is 0 Å². The maximum atomic E-state index is 13.5. The summed E-state index contributed by atoms with van der Waals surface area (Å²) in [7, 11) is 0. The van der Waals surface area contributed by atoms with E-state index in [1.807, 2.05) is 36.4 Å². The number of aromatic amines is 1. The molecule has 0 spiro atoms. The molecule has 0 radical (unpaired) electrons. The highest BCUT2D eigenvalue weighted by atomic mass is 32.2. The van der Waals surface area contributed by atoms with E-state index < -0.39 is 0 Å². The number of thioether (sulfide) groups is 1. The molecule has 100 valence electrons. The van der Waals surface area contributed by atoms with Crippen LogP contribution in [0.1, 0.15) is 5.56 Å². The normalized spacial score (nSPS) is 10.7. The monoisotopic (exact) mass is 285 g/mol. The number of hydrogen-bond donors (Lipinski definition) is 1. The first-order valence-electron chi connectivity index (χ1n) is 6.17. The molecule has 1 N–H and O–H groups in total. The van der Waals surface area contributed by atoms with E-state index in [2.05, 4.69) is 15.2 Å². The Hall–Kier alpha value is -2.14. The van der Waals surface area contributed by atoms with E-state index in [0.717, 1.165) is 11.4 Å². The van der Waals surface area contributed by atoms with E-state index in [1.165, 1.54) is 17.8 Å². The van der Waals surface area contributed by atoms with Gasteiger partial charge in [0, 0.05) is 11.3 Å². The first-order chi connectivity index (χ1) is 9.83. The quantitative estimate of drug-likeness (QED) is 0.739. The predicted molar refractivity (Wildman–Crippen MR) is 77.8 cm³/mol. The predicted octanol–water partition coefficient (Wildman–Crippen LogP) is 3.90. The number of nitrogens with zero attached hydrogens (tertiary/aromatic N) is 2. The summed E-state index contributed by atoms with van der Waals surface area (Å²) in [5, 5.41) is 7.66. The van der Waals surface area contributed by atoms with Crippen molar-refractivity contribution < 1.29 is 4.39 Å². The van der Waals surface area contributed by atoms with Crippen LogP contribution in [0.3, 0.4) is 0 Å². The SMILES string of the molecule is Fc1ccccc1CSc1n[nH]c(-c2ccccc2)n1. The maximum Gasteiger partial charge on any atom is 0.209 e. The minimum Gasteiger partial charge on any atom is -0.258 e. The van der Waals surface area contributed by atoms with Gasteiger partial charge in [0.2, 0.25) is 5.16 Å². The lowest BCUT2D eigenvalue weighted by atomic mass is 10.2. The van der Waals surface area contributed by atoms with Gasteiger partial charge in [-0.05, 0) is 11.6 Å². The van der Waals surface area contributed by atoms with Gasteiger partial charge in [0.25, 0.3) is 0 Å². The second kappa shape index (κ2) is 5.88. The highest BCUT2D eigenvalue weighted by Gasteiger charge is 2.07. The van der Waals surface area contributed by atoms with Gasteiger partial charge in [-0.1, -0.05) is 60.3 Å². The molecule has 1 heterocycles. The molecule has 5 heteroatoms. The van der Waals surface area contributed by atoms with E-state index in [-0.39, 0.29) is 5.82 Å². The number of rotatable bonds is 4. The highest BCUT2D eigenvalue weighted by molar-refractivity contribution is 7.98. The second-order valence-corrected chi connectivity index (χ2v) is 5.16. The molecule has 0 fully saturated rings. The molecule has 3 nitrogen and oxygen atoms in total. The smallest absolute Gasteiger partial charge is 0.209 e. The molecular weight excluding hydrogens is 273 g/mol. The molecule has 0 aliphatic rings. The van der Waals surface area contributed by atoms with Crippen LogP contribution in [0.4, 0.5) is 4.39 Å². The van der Waals surface area contributed by atoms with E-state index >= 15 is 0 Å². The Kier molecular flexibility index (Phi) is 3.78. The molecule has 0 amide bonds. The Labute approximate surface area is 120 Å². The number of H-pyrrole nitrogens is 1. The largest absolute Gasteiger partial charge is 0.258 e. The Morgan fingerprint density at radius 3 is 2.55 bits per heavy atom. The van der Waals surface area contributed by atoms with Crippen molar-refractivity contribution in [2.45, 2.75) is 10.9 Å². The van der Waals surface area contributed by atoms with Crippen LogP contribution in [-0.2, 0) is 5.75 Å². The third-order valence-electron chi connectivity index (χ3n) is 2.83. The van der Waals surface area contributed by atoms with Crippen molar-refractivity contribution in [2.75, 3.05) is 0 Å². The topological polar surface area (TPSA) is 41.6 Å². The second-order valence-electron chi connectivity index (χ2n) is 4.21. The average molecular weight is 285 g/mol. The van der Waals surface area contributed by atoms with Crippen LogP contribution in [-0.4, -0.2) is 15.2 Å². The lowest BCUT2D eigenvalue weighted by Crippen LogP contribution is -1.87. The lowest BCUT2D eigenvalue weighted by molar-refractivity contribution is 0.617. The minimum atomic E-state index is -0.196. The lowest BCUT2D eigenvalue weighted by Gasteiger charge is -1.99.